The molecule has 0 aromatic rings. The monoisotopic (exact) mass is 466 g/mol. The van der Waals surface area contributed by atoms with Gasteiger partial charge in [-0.15, -0.1) is 24.0 Å². The molecule has 0 radical (unpaired) electrons. The first kappa shape index (κ1) is 23.0. The molecule has 0 unspecified atom stereocenters. The largest absolute Gasteiger partial charge is 0.396 e. The highest BCUT2D eigenvalue weighted by atomic mass is 127. The zero-order valence-electron chi connectivity index (χ0n) is 16.2. The van der Waals surface area contributed by atoms with Crippen LogP contribution in [-0.4, -0.2) is 61.3 Å². The standard InChI is InChI=1S/C19H38N4O.HI/c1-3-20-18(21-13-14-23(4-2)17-8-9-17)22-16-19(12-15-24)10-6-5-7-11-19;/h17,24H,3-16H2,1-2H3,(H2,20,21,22);1H. The lowest BCUT2D eigenvalue weighted by Crippen LogP contribution is -2.43. The predicted octanol–water partition coefficient (Wildman–Crippen LogP) is 2.98. The van der Waals surface area contributed by atoms with E-state index in [0.29, 0.717) is 0 Å². The Bertz CT molecular complexity index is 376. The van der Waals surface area contributed by atoms with E-state index in [1.165, 1.54) is 44.9 Å². The van der Waals surface area contributed by atoms with Crippen molar-refractivity contribution in [3.63, 3.8) is 0 Å². The summed E-state index contributed by atoms with van der Waals surface area (Å²) in [6, 6.07) is 0.825. The molecule has 148 valence electrons. The fourth-order valence-electron chi connectivity index (χ4n) is 3.97. The summed E-state index contributed by atoms with van der Waals surface area (Å²) in [5.41, 5.74) is 0.221. The van der Waals surface area contributed by atoms with Crippen LogP contribution in [-0.2, 0) is 0 Å². The predicted molar refractivity (Wildman–Crippen MR) is 117 cm³/mol. The Labute approximate surface area is 171 Å². The number of nitrogens with zero attached hydrogens (tertiary/aromatic N) is 2. The van der Waals surface area contributed by atoms with E-state index in [9.17, 15) is 5.11 Å². The summed E-state index contributed by atoms with van der Waals surface area (Å²) in [6.45, 7) is 9.55. The lowest BCUT2D eigenvalue weighted by molar-refractivity contribution is 0.137. The van der Waals surface area contributed by atoms with E-state index < -0.39 is 0 Å². The van der Waals surface area contributed by atoms with Crippen LogP contribution < -0.4 is 10.6 Å². The van der Waals surface area contributed by atoms with Crippen molar-refractivity contribution in [2.75, 3.05) is 39.3 Å². The number of aliphatic hydroxyl groups excluding tert-OH is 1. The first-order valence-electron chi connectivity index (χ1n) is 10.1. The van der Waals surface area contributed by atoms with Crippen molar-refractivity contribution in [1.82, 2.24) is 15.5 Å². The molecule has 0 atom stereocenters. The van der Waals surface area contributed by atoms with Gasteiger partial charge in [0.15, 0.2) is 5.96 Å². The molecule has 0 aromatic heterocycles. The Morgan fingerprint density at radius 3 is 2.44 bits per heavy atom. The van der Waals surface area contributed by atoms with Gasteiger partial charge in [-0.2, -0.15) is 0 Å². The highest BCUT2D eigenvalue weighted by Gasteiger charge is 2.31. The second-order valence-electron chi connectivity index (χ2n) is 7.52. The molecule has 3 N–H and O–H groups in total. The number of aliphatic imine (C=N–C) groups is 1. The maximum atomic E-state index is 9.45. The van der Waals surface area contributed by atoms with Gasteiger partial charge in [0.1, 0.15) is 0 Å². The van der Waals surface area contributed by atoms with Gasteiger partial charge in [-0.25, -0.2) is 0 Å². The first-order valence-corrected chi connectivity index (χ1v) is 10.1. The highest BCUT2D eigenvalue weighted by molar-refractivity contribution is 14.0. The summed E-state index contributed by atoms with van der Waals surface area (Å²) in [5, 5.41) is 16.3. The average molecular weight is 466 g/mol. The molecule has 0 saturated heterocycles. The summed E-state index contributed by atoms with van der Waals surface area (Å²) in [4.78, 5) is 7.44. The van der Waals surface area contributed by atoms with Crippen molar-refractivity contribution >= 4 is 29.9 Å². The summed E-state index contributed by atoms with van der Waals surface area (Å²) >= 11 is 0. The molecule has 2 rings (SSSR count). The van der Waals surface area contributed by atoms with Crippen molar-refractivity contribution in [3.8, 4) is 0 Å². The molecule has 2 fully saturated rings. The van der Waals surface area contributed by atoms with Gasteiger partial charge in [-0.05, 0) is 51.0 Å². The van der Waals surface area contributed by atoms with Crippen LogP contribution in [0.25, 0.3) is 0 Å². The minimum atomic E-state index is 0. The number of hydrogen-bond donors (Lipinski definition) is 3. The first-order chi connectivity index (χ1) is 11.7. The highest BCUT2D eigenvalue weighted by Crippen LogP contribution is 2.39. The van der Waals surface area contributed by atoms with Crippen LogP contribution >= 0.6 is 24.0 Å². The lowest BCUT2D eigenvalue weighted by atomic mass is 9.72. The minimum absolute atomic E-state index is 0. The summed E-state index contributed by atoms with van der Waals surface area (Å²) in [7, 11) is 0. The summed E-state index contributed by atoms with van der Waals surface area (Å²) in [5.74, 6) is 0.937. The zero-order valence-corrected chi connectivity index (χ0v) is 18.6. The van der Waals surface area contributed by atoms with E-state index in [-0.39, 0.29) is 36.0 Å². The van der Waals surface area contributed by atoms with E-state index in [0.717, 1.165) is 51.1 Å². The molecule has 0 bridgehead atoms. The second kappa shape index (κ2) is 12.3. The van der Waals surface area contributed by atoms with Crippen molar-refractivity contribution in [2.24, 2.45) is 10.4 Å². The molecule has 0 spiro atoms. The number of guanidine groups is 1. The van der Waals surface area contributed by atoms with Crippen LogP contribution in [0.2, 0.25) is 0 Å². The van der Waals surface area contributed by atoms with Crippen molar-refractivity contribution in [2.45, 2.75) is 71.3 Å². The molecule has 2 aliphatic rings. The van der Waals surface area contributed by atoms with Gasteiger partial charge >= 0.3 is 0 Å². The molecule has 0 heterocycles. The Balaban J connectivity index is 0.00000312. The Morgan fingerprint density at radius 1 is 1.16 bits per heavy atom. The maximum absolute atomic E-state index is 9.45. The summed E-state index contributed by atoms with van der Waals surface area (Å²) in [6.07, 6.45) is 9.95. The molecule has 0 aliphatic heterocycles. The smallest absolute Gasteiger partial charge is 0.191 e. The van der Waals surface area contributed by atoms with Gasteiger partial charge in [0, 0.05) is 38.8 Å². The minimum Gasteiger partial charge on any atom is -0.396 e. The quantitative estimate of drug-likeness (QED) is 0.263. The van der Waals surface area contributed by atoms with Crippen molar-refractivity contribution < 1.29 is 5.11 Å². The van der Waals surface area contributed by atoms with Gasteiger partial charge in [-0.1, -0.05) is 26.2 Å². The number of aliphatic hydroxyl groups is 1. The van der Waals surface area contributed by atoms with Crippen molar-refractivity contribution in [3.05, 3.63) is 0 Å². The van der Waals surface area contributed by atoms with E-state index in [4.69, 9.17) is 4.99 Å². The number of halogens is 1. The van der Waals surface area contributed by atoms with Gasteiger partial charge < -0.3 is 15.7 Å². The van der Waals surface area contributed by atoms with E-state index in [1.807, 2.05) is 0 Å². The Hall–Kier alpha value is -0.0800. The fraction of sp³-hybridized carbons (Fsp3) is 0.947. The van der Waals surface area contributed by atoms with E-state index >= 15 is 0 Å². The number of hydrogen-bond acceptors (Lipinski definition) is 3. The average Bonchev–Trinajstić information content (AvgIpc) is 3.42. The second-order valence-corrected chi connectivity index (χ2v) is 7.52. The van der Waals surface area contributed by atoms with Crippen LogP contribution in [0.3, 0.4) is 0 Å². The van der Waals surface area contributed by atoms with Crippen LogP contribution in [0.15, 0.2) is 4.99 Å². The number of rotatable bonds is 10. The zero-order chi connectivity index (χ0) is 17.3. The molecule has 0 aromatic carbocycles. The van der Waals surface area contributed by atoms with E-state index in [1.54, 1.807) is 0 Å². The van der Waals surface area contributed by atoms with Crippen LogP contribution in [0.4, 0.5) is 0 Å². The van der Waals surface area contributed by atoms with Gasteiger partial charge in [0.05, 0.1) is 0 Å². The van der Waals surface area contributed by atoms with E-state index in [2.05, 4.69) is 29.4 Å². The number of likely N-dealkylation sites (N-methyl/N-ethyl adjacent to an activating group) is 1. The third-order valence-electron chi connectivity index (χ3n) is 5.63. The topological polar surface area (TPSA) is 59.9 Å². The summed E-state index contributed by atoms with van der Waals surface area (Å²) < 4.78 is 0. The lowest BCUT2D eigenvalue weighted by Gasteiger charge is -2.35. The molecular formula is C19H39IN4O. The van der Waals surface area contributed by atoms with Crippen LogP contribution in [0.1, 0.15) is 65.2 Å². The molecule has 6 heteroatoms. The van der Waals surface area contributed by atoms with Crippen molar-refractivity contribution in [1.29, 1.82) is 0 Å². The molecule has 0 amide bonds. The molecule has 25 heavy (non-hydrogen) atoms. The molecule has 5 nitrogen and oxygen atoms in total. The molecule has 2 aliphatic carbocycles. The SMILES string of the molecule is CCNC(=NCC1(CCO)CCCCC1)NCCN(CC)C1CC1.I. The van der Waals surface area contributed by atoms with Crippen LogP contribution in [0.5, 0.6) is 0 Å². The fourth-order valence-corrected chi connectivity index (χ4v) is 3.97. The molecule has 2 saturated carbocycles. The third kappa shape index (κ3) is 7.99. The third-order valence-corrected chi connectivity index (χ3v) is 5.63. The Kier molecular flexibility index (Phi) is 11.3. The molecular weight excluding hydrogens is 427 g/mol. The maximum Gasteiger partial charge on any atom is 0.191 e. The van der Waals surface area contributed by atoms with Gasteiger partial charge in [0.25, 0.3) is 0 Å². The van der Waals surface area contributed by atoms with Gasteiger partial charge in [0.2, 0.25) is 0 Å². The normalized spacial score (nSPS) is 20.2. The Morgan fingerprint density at radius 2 is 1.88 bits per heavy atom. The number of nitrogens with one attached hydrogen (secondary N) is 2. The van der Waals surface area contributed by atoms with Gasteiger partial charge in [-0.3, -0.25) is 9.89 Å². The van der Waals surface area contributed by atoms with Crippen LogP contribution in [0, 0.1) is 5.41 Å².